The number of carbonyl (C=O) groups is 1. The van der Waals surface area contributed by atoms with E-state index in [1.807, 2.05) is 20.8 Å². The topological polar surface area (TPSA) is 38.8 Å². The normalized spacial score (nSPS) is 24.1. The number of rotatable bonds is 0. The molecule has 3 aliphatic rings. The van der Waals surface area contributed by atoms with E-state index in [0.717, 1.165) is 23.8 Å². The van der Waals surface area contributed by atoms with Crippen LogP contribution in [0, 0.1) is 0 Å². The Balaban J connectivity index is 1.52. The van der Waals surface area contributed by atoms with Crippen molar-refractivity contribution in [1.82, 2.24) is 4.90 Å². The molecule has 0 aromatic carbocycles. The van der Waals surface area contributed by atoms with Gasteiger partial charge < -0.3 is 14.4 Å². The molecular formula is C18H24ClNO3S. The highest BCUT2D eigenvalue weighted by Crippen LogP contribution is 2.59. The zero-order valence-corrected chi connectivity index (χ0v) is 16.1. The Kier molecular flexibility index (Phi) is 3.72. The number of halogens is 1. The van der Waals surface area contributed by atoms with Gasteiger partial charge in [0, 0.05) is 23.4 Å². The van der Waals surface area contributed by atoms with Crippen LogP contribution in [0.25, 0.3) is 0 Å². The summed E-state index contributed by atoms with van der Waals surface area (Å²) >= 11 is 8.00. The number of nitrogens with zero attached hydrogens (tertiary/aromatic N) is 1. The van der Waals surface area contributed by atoms with Crippen LogP contribution in [-0.4, -0.2) is 36.3 Å². The Morgan fingerprint density at radius 3 is 2.54 bits per heavy atom. The molecule has 132 valence electrons. The highest BCUT2D eigenvalue weighted by atomic mass is 35.5. The molecule has 1 aromatic heterocycles. The van der Waals surface area contributed by atoms with Crippen molar-refractivity contribution >= 4 is 29.0 Å². The van der Waals surface area contributed by atoms with Gasteiger partial charge in [-0.2, -0.15) is 0 Å². The predicted molar refractivity (Wildman–Crippen MR) is 94.9 cm³/mol. The minimum Gasteiger partial charge on any atom is -0.444 e. The monoisotopic (exact) mass is 369 g/mol. The van der Waals surface area contributed by atoms with Crippen molar-refractivity contribution in [3.05, 3.63) is 20.8 Å². The van der Waals surface area contributed by atoms with Crippen molar-refractivity contribution in [2.75, 3.05) is 19.7 Å². The van der Waals surface area contributed by atoms with Crippen LogP contribution >= 0.6 is 22.9 Å². The van der Waals surface area contributed by atoms with Crippen molar-refractivity contribution in [2.45, 2.75) is 63.1 Å². The Labute approximate surface area is 152 Å². The molecule has 1 amide bonds. The number of piperidine rings is 1. The van der Waals surface area contributed by atoms with Gasteiger partial charge in [0.1, 0.15) is 11.2 Å². The van der Waals surface area contributed by atoms with Gasteiger partial charge in [-0.05, 0) is 58.1 Å². The molecule has 4 rings (SSSR count). The van der Waals surface area contributed by atoms with Gasteiger partial charge in [0.15, 0.2) is 0 Å². The zero-order chi connectivity index (χ0) is 17.2. The summed E-state index contributed by atoms with van der Waals surface area (Å²) in [5, 5.41) is 0. The van der Waals surface area contributed by atoms with E-state index in [1.165, 1.54) is 23.3 Å². The van der Waals surface area contributed by atoms with E-state index in [1.54, 1.807) is 16.2 Å². The maximum absolute atomic E-state index is 12.3. The van der Waals surface area contributed by atoms with Crippen molar-refractivity contribution in [2.24, 2.45) is 0 Å². The van der Waals surface area contributed by atoms with Gasteiger partial charge in [-0.1, -0.05) is 11.6 Å². The Hall–Kier alpha value is -0.780. The first-order valence-corrected chi connectivity index (χ1v) is 9.85. The first-order valence-electron chi connectivity index (χ1n) is 8.65. The van der Waals surface area contributed by atoms with Gasteiger partial charge in [0.2, 0.25) is 0 Å². The fourth-order valence-corrected chi connectivity index (χ4v) is 5.37. The Morgan fingerprint density at radius 2 is 1.96 bits per heavy atom. The van der Waals surface area contributed by atoms with Crippen molar-refractivity contribution in [3.63, 3.8) is 0 Å². The van der Waals surface area contributed by atoms with Crippen LogP contribution in [-0.2, 0) is 20.5 Å². The van der Waals surface area contributed by atoms with Gasteiger partial charge in [0.05, 0.1) is 10.9 Å². The molecule has 1 aromatic rings. The minimum atomic E-state index is -0.458. The predicted octanol–water partition coefficient (Wildman–Crippen LogP) is 4.69. The molecule has 4 nitrogen and oxygen atoms in total. The fraction of sp³-hybridized carbons (Fsp3) is 0.722. The third-order valence-electron chi connectivity index (χ3n) is 5.39. The molecular weight excluding hydrogens is 346 g/mol. The van der Waals surface area contributed by atoms with Crippen LogP contribution in [0.1, 0.15) is 56.9 Å². The van der Waals surface area contributed by atoms with Gasteiger partial charge >= 0.3 is 6.09 Å². The molecule has 24 heavy (non-hydrogen) atoms. The molecule has 1 aliphatic carbocycles. The van der Waals surface area contributed by atoms with Gasteiger partial charge in [-0.15, -0.1) is 11.3 Å². The van der Waals surface area contributed by atoms with Gasteiger partial charge in [-0.3, -0.25) is 0 Å². The van der Waals surface area contributed by atoms with Crippen LogP contribution in [0.3, 0.4) is 0 Å². The molecule has 1 saturated heterocycles. The highest BCUT2D eigenvalue weighted by molar-refractivity contribution is 7.16. The van der Waals surface area contributed by atoms with Crippen LogP contribution < -0.4 is 0 Å². The second kappa shape index (κ2) is 5.36. The lowest BCUT2D eigenvalue weighted by Gasteiger charge is -2.45. The largest absolute Gasteiger partial charge is 0.444 e. The molecule has 2 aliphatic heterocycles. The summed E-state index contributed by atoms with van der Waals surface area (Å²) in [5.41, 5.74) is 0.918. The van der Waals surface area contributed by atoms with Gasteiger partial charge in [-0.25, -0.2) is 4.79 Å². The molecule has 0 bridgehead atoms. The zero-order valence-electron chi connectivity index (χ0n) is 14.5. The summed E-state index contributed by atoms with van der Waals surface area (Å²) in [4.78, 5) is 15.4. The molecule has 0 atom stereocenters. The molecule has 3 heterocycles. The average molecular weight is 370 g/mol. The van der Waals surface area contributed by atoms with Crippen molar-refractivity contribution < 1.29 is 14.3 Å². The summed E-state index contributed by atoms with van der Waals surface area (Å²) in [7, 11) is 0. The number of hydrogen-bond acceptors (Lipinski definition) is 4. The summed E-state index contributed by atoms with van der Waals surface area (Å²) < 4.78 is 12.8. The number of hydrogen-bond donors (Lipinski definition) is 0. The quantitative estimate of drug-likeness (QED) is 0.665. The highest BCUT2D eigenvalue weighted by Gasteiger charge is 2.56. The van der Waals surface area contributed by atoms with E-state index in [-0.39, 0.29) is 17.1 Å². The fourth-order valence-electron chi connectivity index (χ4n) is 3.83. The third-order valence-corrected chi connectivity index (χ3v) is 6.84. The SMILES string of the molecule is CC(C)(C)OC(=O)N1CCC2(CC1)OCC1(CC1)c1cc(Cl)sc12. The Morgan fingerprint density at radius 1 is 1.29 bits per heavy atom. The average Bonchev–Trinajstić information content (AvgIpc) is 3.16. The third kappa shape index (κ3) is 2.74. The lowest BCUT2D eigenvalue weighted by molar-refractivity contribution is -0.106. The number of fused-ring (bicyclic) bond motifs is 3. The van der Waals surface area contributed by atoms with E-state index in [9.17, 15) is 4.79 Å². The van der Waals surface area contributed by atoms with Crippen LogP contribution in [0.5, 0.6) is 0 Å². The van der Waals surface area contributed by atoms with Crippen LogP contribution in [0.4, 0.5) is 4.79 Å². The molecule has 2 fully saturated rings. The van der Waals surface area contributed by atoms with Crippen molar-refractivity contribution in [3.8, 4) is 0 Å². The lowest BCUT2D eigenvalue weighted by atomic mass is 9.81. The molecule has 0 radical (unpaired) electrons. The van der Waals surface area contributed by atoms with E-state index >= 15 is 0 Å². The number of carbonyl (C=O) groups excluding carboxylic acids is 1. The molecule has 2 spiro atoms. The second-order valence-electron chi connectivity index (χ2n) is 8.32. The molecule has 0 N–H and O–H groups in total. The number of likely N-dealkylation sites (tertiary alicyclic amines) is 1. The number of ether oxygens (including phenoxy) is 2. The van der Waals surface area contributed by atoms with Crippen LogP contribution in [0.15, 0.2) is 6.07 Å². The first-order chi connectivity index (χ1) is 11.2. The smallest absolute Gasteiger partial charge is 0.410 e. The molecule has 1 saturated carbocycles. The number of thiophene rings is 1. The number of amides is 1. The standard InChI is InChI=1S/C18H24ClNO3S/c1-16(2,3)23-15(21)20-8-6-18(7-9-20)14-12(10-13(19)24-14)17(4-5-17)11-22-18/h10H,4-9,11H2,1-3H3. The molecule has 0 unspecified atom stereocenters. The van der Waals surface area contributed by atoms with Crippen molar-refractivity contribution in [1.29, 1.82) is 0 Å². The summed E-state index contributed by atoms with van der Waals surface area (Å²) in [6.45, 7) is 7.81. The maximum Gasteiger partial charge on any atom is 0.410 e. The second-order valence-corrected chi connectivity index (χ2v) is 10.0. The van der Waals surface area contributed by atoms with Gasteiger partial charge in [0.25, 0.3) is 0 Å². The lowest BCUT2D eigenvalue weighted by Crippen LogP contribution is -2.50. The minimum absolute atomic E-state index is 0.226. The summed E-state index contributed by atoms with van der Waals surface area (Å²) in [6.07, 6.45) is 3.80. The molecule has 6 heteroatoms. The van der Waals surface area contributed by atoms with E-state index < -0.39 is 5.60 Å². The van der Waals surface area contributed by atoms with E-state index in [4.69, 9.17) is 21.1 Å². The maximum atomic E-state index is 12.3. The summed E-state index contributed by atoms with van der Waals surface area (Å²) in [5.74, 6) is 0. The van der Waals surface area contributed by atoms with E-state index in [0.29, 0.717) is 13.1 Å². The van der Waals surface area contributed by atoms with Crippen LogP contribution in [0.2, 0.25) is 4.34 Å². The van der Waals surface area contributed by atoms with E-state index in [2.05, 4.69) is 6.07 Å². The first kappa shape index (κ1) is 16.7. The summed E-state index contributed by atoms with van der Waals surface area (Å²) in [6, 6.07) is 2.15. The Bertz CT molecular complexity index is 666.